The molecule has 0 radical (unpaired) electrons. The topological polar surface area (TPSA) is 99.1 Å². The maximum absolute atomic E-state index is 15.3. The molecule has 0 spiro atoms. The predicted octanol–water partition coefficient (Wildman–Crippen LogP) is 6.91. The molecule has 11 heteroatoms. The number of pyridine rings is 1. The van der Waals surface area contributed by atoms with E-state index in [1.54, 1.807) is 24.3 Å². The highest BCUT2D eigenvalue weighted by atomic mass is 32.2. The first-order chi connectivity index (χ1) is 20.7. The molecule has 1 N–H and O–H groups in total. The number of sulfonamides is 1. The van der Waals surface area contributed by atoms with E-state index >= 15 is 4.39 Å². The van der Waals surface area contributed by atoms with Gasteiger partial charge in [0.05, 0.1) is 25.5 Å². The smallest absolute Gasteiger partial charge is 0.258 e. The lowest BCUT2D eigenvalue weighted by molar-refractivity contribution is 0.355. The maximum Gasteiger partial charge on any atom is 0.258 e. The van der Waals surface area contributed by atoms with E-state index in [9.17, 15) is 12.8 Å². The summed E-state index contributed by atoms with van der Waals surface area (Å²) in [7, 11) is -0.989. The summed E-state index contributed by atoms with van der Waals surface area (Å²) in [5, 5.41) is 3.53. The van der Waals surface area contributed by atoms with Gasteiger partial charge in [0.15, 0.2) is 23.1 Å². The van der Waals surface area contributed by atoms with Crippen molar-refractivity contribution >= 4 is 32.4 Å². The van der Waals surface area contributed by atoms with E-state index in [0.29, 0.717) is 33.7 Å². The van der Waals surface area contributed by atoms with Gasteiger partial charge in [-0.1, -0.05) is 42.5 Å². The van der Waals surface area contributed by atoms with Crippen molar-refractivity contribution in [1.29, 1.82) is 0 Å². The van der Waals surface area contributed by atoms with Crippen LogP contribution in [0.1, 0.15) is 11.1 Å². The number of benzene rings is 4. The Bertz CT molecular complexity index is 1880. The second-order valence-corrected chi connectivity index (χ2v) is 11.1. The Morgan fingerprint density at radius 3 is 2.23 bits per heavy atom. The monoisotopic (exact) mass is 603 g/mol. The van der Waals surface area contributed by atoms with Gasteiger partial charge in [-0.25, -0.2) is 17.2 Å². The van der Waals surface area contributed by atoms with E-state index in [1.807, 2.05) is 30.3 Å². The number of anilines is 1. The Morgan fingerprint density at radius 1 is 0.814 bits per heavy atom. The average Bonchev–Trinajstić information content (AvgIpc) is 2.99. The Balaban J connectivity index is 1.41. The molecule has 0 saturated carbocycles. The Hall–Kier alpha value is -5.03. The third-order valence-corrected chi connectivity index (χ3v) is 7.57. The molecule has 0 saturated heterocycles. The van der Waals surface area contributed by atoms with Crippen LogP contribution in [0.2, 0.25) is 0 Å². The molecular formula is C32H27F2N3O5S. The van der Waals surface area contributed by atoms with E-state index in [-0.39, 0.29) is 23.7 Å². The van der Waals surface area contributed by atoms with Gasteiger partial charge in [0.2, 0.25) is 0 Å². The molecule has 0 amide bonds. The number of rotatable bonds is 10. The number of methoxy groups -OCH3 is 2. The molecule has 8 nitrogen and oxygen atoms in total. The van der Waals surface area contributed by atoms with Crippen LogP contribution in [0.3, 0.4) is 0 Å². The van der Waals surface area contributed by atoms with E-state index in [1.165, 1.54) is 56.8 Å². The van der Waals surface area contributed by atoms with Crippen LogP contribution in [0, 0.1) is 11.6 Å². The minimum absolute atomic E-state index is 0.0571. The first-order valence-corrected chi connectivity index (χ1v) is 14.7. The zero-order chi connectivity index (χ0) is 30.4. The molecule has 43 heavy (non-hydrogen) atoms. The summed E-state index contributed by atoms with van der Waals surface area (Å²) in [4.78, 5) is 4.33. The van der Waals surface area contributed by atoms with E-state index < -0.39 is 27.4 Å². The number of hydrogen-bond donors (Lipinski definition) is 1. The fourth-order valence-corrected chi connectivity index (χ4v) is 5.49. The zero-order valence-electron chi connectivity index (χ0n) is 23.3. The molecule has 0 unspecified atom stereocenters. The van der Waals surface area contributed by atoms with Gasteiger partial charge in [-0.3, -0.25) is 4.98 Å². The van der Waals surface area contributed by atoms with Crippen LogP contribution in [-0.4, -0.2) is 33.5 Å². The molecule has 5 rings (SSSR count). The molecule has 220 valence electrons. The molecule has 0 aliphatic carbocycles. The van der Waals surface area contributed by atoms with Crippen LogP contribution in [0.5, 0.6) is 23.0 Å². The summed E-state index contributed by atoms with van der Waals surface area (Å²) in [5.41, 5.74) is 2.01. The van der Waals surface area contributed by atoms with Crippen LogP contribution in [0.4, 0.5) is 14.5 Å². The largest absolute Gasteiger partial charge is 0.493 e. The molecule has 4 aromatic carbocycles. The number of hydrogen-bond acceptors (Lipinski definition) is 6. The lowest BCUT2D eigenvalue weighted by Gasteiger charge is -2.14. The summed E-state index contributed by atoms with van der Waals surface area (Å²) in [6.45, 7) is 0. The van der Waals surface area contributed by atoms with Gasteiger partial charge in [0, 0.05) is 35.8 Å². The molecule has 5 aromatic rings. The van der Waals surface area contributed by atoms with Crippen molar-refractivity contribution in [2.24, 2.45) is 4.40 Å². The van der Waals surface area contributed by atoms with Gasteiger partial charge in [-0.2, -0.15) is 0 Å². The van der Waals surface area contributed by atoms with Gasteiger partial charge in [0.1, 0.15) is 17.4 Å². The number of aromatic nitrogens is 1. The van der Waals surface area contributed by atoms with Gasteiger partial charge >= 0.3 is 0 Å². The Morgan fingerprint density at radius 2 is 1.53 bits per heavy atom. The van der Waals surface area contributed by atoms with Crippen LogP contribution >= 0.6 is 0 Å². The van der Waals surface area contributed by atoms with Crippen molar-refractivity contribution in [1.82, 2.24) is 4.98 Å². The van der Waals surface area contributed by atoms with Crippen molar-refractivity contribution in [2.75, 3.05) is 19.5 Å². The number of nitrogens with zero attached hydrogens (tertiary/aromatic N) is 2. The van der Waals surface area contributed by atoms with Crippen molar-refractivity contribution in [2.45, 2.75) is 12.2 Å². The standard InChI is InChI=1S/C32H27F2N3O5S/c1-40-30-18-25-27(19-31(30)41-2)35-15-14-28(25)42-29-13-12-24(17-26(29)34)36-32(16-21-6-4-3-5-7-21)37-43(38,39)20-22-8-10-23(33)11-9-22/h3-15,17-19H,16,20H2,1-2H3,(H,36,37). The van der Waals surface area contributed by atoms with Gasteiger partial charge in [-0.05, 0) is 47.5 Å². The summed E-state index contributed by atoms with van der Waals surface area (Å²) >= 11 is 0. The minimum atomic E-state index is -4.02. The van der Waals surface area contributed by atoms with E-state index in [4.69, 9.17) is 14.2 Å². The van der Waals surface area contributed by atoms with Crippen molar-refractivity contribution < 1.29 is 31.4 Å². The number of nitrogens with one attached hydrogen (secondary N) is 1. The highest BCUT2D eigenvalue weighted by Crippen LogP contribution is 2.37. The van der Waals surface area contributed by atoms with Crippen LogP contribution in [0.25, 0.3) is 10.9 Å². The Labute approximate surface area is 247 Å². The van der Waals surface area contributed by atoms with E-state index in [2.05, 4.69) is 14.7 Å². The normalized spacial score (nSPS) is 11.8. The molecule has 0 aliphatic heterocycles. The van der Waals surface area contributed by atoms with Gasteiger partial charge < -0.3 is 19.5 Å². The highest BCUT2D eigenvalue weighted by molar-refractivity contribution is 7.89. The molecule has 1 aromatic heterocycles. The molecule has 0 bridgehead atoms. The quantitative estimate of drug-likeness (QED) is 0.137. The fourth-order valence-electron chi connectivity index (χ4n) is 4.36. The van der Waals surface area contributed by atoms with Gasteiger partial charge in [0.25, 0.3) is 10.0 Å². The van der Waals surface area contributed by atoms with E-state index in [0.717, 1.165) is 5.56 Å². The lowest BCUT2D eigenvalue weighted by Crippen LogP contribution is -2.18. The second-order valence-electron chi connectivity index (χ2n) is 9.46. The number of fused-ring (bicyclic) bond motifs is 1. The third-order valence-electron chi connectivity index (χ3n) is 6.37. The molecule has 0 atom stereocenters. The average molecular weight is 604 g/mol. The molecule has 0 fully saturated rings. The van der Waals surface area contributed by atoms with Crippen molar-refractivity contribution in [3.63, 3.8) is 0 Å². The third kappa shape index (κ3) is 7.44. The van der Waals surface area contributed by atoms with Crippen LogP contribution < -0.4 is 19.5 Å². The minimum Gasteiger partial charge on any atom is -0.493 e. The summed E-state index contributed by atoms with van der Waals surface area (Å²) in [5.74, 6) is -0.248. The molecule has 1 heterocycles. The SMILES string of the molecule is COc1cc2nccc(Oc3ccc(NC(Cc4ccccc4)=NS(=O)(=O)Cc4ccc(F)cc4)cc3F)c2cc1OC. The van der Waals surface area contributed by atoms with Crippen molar-refractivity contribution in [3.05, 3.63) is 120 Å². The number of ether oxygens (including phenoxy) is 3. The molecule has 0 aliphatic rings. The maximum atomic E-state index is 15.3. The fraction of sp³-hybridized carbons (Fsp3) is 0.125. The highest BCUT2D eigenvalue weighted by Gasteiger charge is 2.16. The summed E-state index contributed by atoms with van der Waals surface area (Å²) in [6.07, 6.45) is 1.67. The van der Waals surface area contributed by atoms with Crippen molar-refractivity contribution in [3.8, 4) is 23.0 Å². The van der Waals surface area contributed by atoms with Gasteiger partial charge in [-0.15, -0.1) is 4.40 Å². The lowest BCUT2D eigenvalue weighted by atomic mass is 10.1. The predicted molar refractivity (Wildman–Crippen MR) is 162 cm³/mol. The zero-order valence-corrected chi connectivity index (χ0v) is 24.1. The Kier molecular flexibility index (Phi) is 8.82. The van der Waals surface area contributed by atoms with Crippen LogP contribution in [0.15, 0.2) is 102 Å². The van der Waals surface area contributed by atoms with Crippen LogP contribution in [-0.2, 0) is 22.2 Å². The summed E-state index contributed by atoms with van der Waals surface area (Å²) in [6, 6.07) is 23.5. The number of halogens is 2. The summed E-state index contributed by atoms with van der Waals surface area (Å²) < 4.78 is 75.2. The second kappa shape index (κ2) is 12.9. The number of amidine groups is 1. The molecular weight excluding hydrogens is 576 g/mol. The first-order valence-electron chi connectivity index (χ1n) is 13.1. The first kappa shape index (κ1) is 29.5.